The highest BCUT2D eigenvalue weighted by Crippen LogP contribution is 2.45. The Morgan fingerprint density at radius 3 is 1.74 bits per heavy atom. The Labute approximate surface area is 142 Å². The fourth-order valence-electron chi connectivity index (χ4n) is 2.18. The summed E-state index contributed by atoms with van der Waals surface area (Å²) in [5.41, 5.74) is -7.85. The predicted molar refractivity (Wildman–Crippen MR) is 65.4 cm³/mol. The van der Waals surface area contributed by atoms with Crippen molar-refractivity contribution in [1.29, 1.82) is 0 Å². The Morgan fingerprint density at radius 2 is 1.33 bits per heavy atom. The fourth-order valence-corrected chi connectivity index (χ4v) is 2.18. The molecule has 1 aromatic rings. The summed E-state index contributed by atoms with van der Waals surface area (Å²) in [5, 5.41) is 2.53. The maximum Gasteiger partial charge on any atom is 0.435 e. The molecule has 0 spiro atoms. The van der Waals surface area contributed by atoms with E-state index in [1.54, 1.807) is 0 Å². The number of rotatable bonds is 2. The lowest BCUT2D eigenvalue weighted by molar-refractivity contribution is -0.143. The number of alkyl halides is 12. The van der Waals surface area contributed by atoms with Crippen molar-refractivity contribution in [2.24, 2.45) is 0 Å². The van der Waals surface area contributed by atoms with Crippen LogP contribution in [0, 0.1) is 0 Å². The topological polar surface area (TPSA) is 17.8 Å². The van der Waals surface area contributed by atoms with Crippen LogP contribution in [0.4, 0.5) is 52.7 Å². The average Bonchev–Trinajstić information content (AvgIpc) is 3.00. The van der Waals surface area contributed by atoms with Crippen LogP contribution in [0.2, 0.25) is 5.82 Å². The predicted octanol–water partition coefficient (Wildman–Crippen LogP) is 5.17. The molecule has 15 heteroatoms. The lowest BCUT2D eigenvalue weighted by Crippen LogP contribution is -2.26. The molecule has 149 valence electrons. The van der Waals surface area contributed by atoms with Gasteiger partial charge in [-0.1, -0.05) is 6.08 Å². The molecule has 0 saturated heterocycles. The molecule has 27 heavy (non-hydrogen) atoms. The van der Waals surface area contributed by atoms with E-state index in [2.05, 4.69) is 5.10 Å². The van der Waals surface area contributed by atoms with E-state index in [9.17, 15) is 52.7 Å². The van der Waals surface area contributed by atoms with Crippen molar-refractivity contribution in [2.45, 2.75) is 30.5 Å². The largest absolute Gasteiger partial charge is 0.435 e. The number of allylic oxidation sites excluding steroid dienone is 4. The maximum atomic E-state index is 12.9. The Kier molecular flexibility index (Phi) is 4.89. The molecule has 1 aliphatic carbocycles. The zero-order chi connectivity index (χ0) is 21.0. The van der Waals surface area contributed by atoms with Crippen molar-refractivity contribution in [2.75, 3.05) is 0 Å². The third-order valence-corrected chi connectivity index (χ3v) is 3.30. The third-order valence-electron chi connectivity index (χ3n) is 3.30. The number of hydrogen-bond acceptors (Lipinski definition) is 1. The molecule has 1 atom stereocenters. The first-order chi connectivity index (χ1) is 11.9. The molecule has 0 bridgehead atoms. The fraction of sp³-hybridized carbons (Fsp3) is 0.417. The lowest BCUT2D eigenvalue weighted by Gasteiger charge is -2.17. The van der Waals surface area contributed by atoms with E-state index in [0.29, 0.717) is 0 Å². The summed E-state index contributed by atoms with van der Waals surface area (Å²) < 4.78 is 152. The highest BCUT2D eigenvalue weighted by molar-refractivity contribution is 6.38. The van der Waals surface area contributed by atoms with E-state index >= 15 is 0 Å². The number of nitrogens with zero attached hydrogens (tertiary/aromatic N) is 2. The van der Waals surface area contributed by atoms with Crippen molar-refractivity contribution < 1.29 is 52.7 Å². The quantitative estimate of drug-likeness (QED) is 0.482. The second kappa shape index (κ2) is 6.22. The van der Waals surface area contributed by atoms with Crippen LogP contribution in [0.1, 0.15) is 11.4 Å². The van der Waals surface area contributed by atoms with Gasteiger partial charge in [0.2, 0.25) is 0 Å². The van der Waals surface area contributed by atoms with E-state index < -0.39 is 63.7 Å². The van der Waals surface area contributed by atoms with Gasteiger partial charge in [-0.25, -0.2) is 0 Å². The first-order valence-corrected chi connectivity index (χ1v) is 6.57. The van der Waals surface area contributed by atoms with Gasteiger partial charge in [0.05, 0.1) is 5.57 Å². The highest BCUT2D eigenvalue weighted by Gasteiger charge is 2.48. The van der Waals surface area contributed by atoms with E-state index in [0.717, 1.165) is 0 Å². The van der Waals surface area contributed by atoms with Crippen LogP contribution >= 0.6 is 0 Å². The van der Waals surface area contributed by atoms with Crippen molar-refractivity contribution in [1.82, 2.24) is 9.69 Å². The van der Waals surface area contributed by atoms with Gasteiger partial charge in [-0.15, -0.1) is 0 Å². The van der Waals surface area contributed by atoms with Crippen molar-refractivity contribution in [3.05, 3.63) is 40.8 Å². The van der Waals surface area contributed by atoms with E-state index in [-0.39, 0.29) is 19.6 Å². The van der Waals surface area contributed by atoms with Crippen LogP contribution in [-0.4, -0.2) is 29.5 Å². The molecule has 0 unspecified atom stereocenters. The van der Waals surface area contributed by atoms with Gasteiger partial charge in [0.25, 0.3) is 7.41 Å². The molecule has 2 rings (SSSR count). The summed E-state index contributed by atoms with van der Waals surface area (Å²) in [5.74, 6) is -2.43. The molecule has 0 aromatic carbocycles. The molecule has 0 aliphatic heterocycles. The van der Waals surface area contributed by atoms with Gasteiger partial charge in [0.1, 0.15) is 5.69 Å². The van der Waals surface area contributed by atoms with Crippen molar-refractivity contribution >= 4 is 7.41 Å². The van der Waals surface area contributed by atoms with Crippen LogP contribution in [0.15, 0.2) is 29.4 Å². The Balaban J connectivity index is 2.50. The monoisotopic (exact) mass is 415 g/mol. The van der Waals surface area contributed by atoms with Crippen LogP contribution < -0.4 is 0 Å². The molecule has 1 aromatic heterocycles. The van der Waals surface area contributed by atoms with E-state index in [4.69, 9.17) is 0 Å². The van der Waals surface area contributed by atoms with Gasteiger partial charge in [0, 0.05) is 11.4 Å². The standard InChI is InChI=1S/C12H4BF12N2/c14-9(15,16)4-1-5(10(17,18)19)6(2-4)13-27-8(12(23,24)25)3-7(26-27)11(20,21)22/h1-3,6H/t6-/m1/s1. The molecule has 1 radical (unpaired) electrons. The van der Waals surface area contributed by atoms with Gasteiger partial charge < -0.3 is 4.59 Å². The SMILES string of the molecule is FC(F)(F)C1=C[C@@H]([B]n2nc(C(F)(F)F)cc2C(F)(F)F)C(C(F)(F)F)=C1. The first-order valence-electron chi connectivity index (χ1n) is 6.57. The number of hydrogen-bond donors (Lipinski definition) is 0. The van der Waals surface area contributed by atoms with E-state index in [1.165, 1.54) is 0 Å². The molecular weight excluding hydrogens is 411 g/mol. The van der Waals surface area contributed by atoms with Gasteiger partial charge in [0.15, 0.2) is 5.69 Å². The van der Waals surface area contributed by atoms with Crippen molar-refractivity contribution in [3.63, 3.8) is 0 Å². The summed E-state index contributed by atoms with van der Waals surface area (Å²) in [6, 6.07) is -0.461. The summed E-state index contributed by atoms with van der Waals surface area (Å²) in [7, 11) is -0.115. The summed E-state index contributed by atoms with van der Waals surface area (Å²) >= 11 is 0. The highest BCUT2D eigenvalue weighted by atomic mass is 19.4. The molecule has 1 aliphatic rings. The molecule has 1 heterocycles. The normalized spacial score (nSPS) is 19.2. The number of aromatic nitrogens is 2. The minimum Gasteiger partial charge on any atom is -0.311 e. The molecule has 0 amide bonds. The molecule has 2 nitrogen and oxygen atoms in total. The van der Waals surface area contributed by atoms with Crippen molar-refractivity contribution in [3.8, 4) is 0 Å². The summed E-state index contributed by atoms with van der Waals surface area (Å²) in [4.78, 5) is 0. The molecule has 0 N–H and O–H groups in total. The first kappa shape index (κ1) is 21.2. The molecular formula is C12H4BF12N2. The van der Waals surface area contributed by atoms with Gasteiger partial charge in [-0.3, -0.25) is 0 Å². The van der Waals surface area contributed by atoms with Crippen LogP contribution in [0.3, 0.4) is 0 Å². The van der Waals surface area contributed by atoms with Gasteiger partial charge >= 0.3 is 24.7 Å². The van der Waals surface area contributed by atoms with Crippen LogP contribution in [-0.2, 0) is 12.4 Å². The van der Waals surface area contributed by atoms with Gasteiger partial charge in [-0.05, 0) is 12.1 Å². The van der Waals surface area contributed by atoms with E-state index in [1.807, 2.05) is 0 Å². The molecule has 0 saturated carbocycles. The second-order valence-electron chi connectivity index (χ2n) is 5.25. The Bertz CT molecular complexity index is 774. The molecule has 0 fully saturated rings. The smallest absolute Gasteiger partial charge is 0.311 e. The maximum absolute atomic E-state index is 12.9. The Hall–Kier alpha value is -2.09. The minimum absolute atomic E-state index is 0.0576. The van der Waals surface area contributed by atoms with Crippen LogP contribution in [0.5, 0.6) is 0 Å². The summed E-state index contributed by atoms with van der Waals surface area (Å²) in [6.45, 7) is 0. The zero-order valence-corrected chi connectivity index (χ0v) is 12.3. The number of halogens is 12. The summed E-state index contributed by atoms with van der Waals surface area (Å²) in [6.07, 6.45) is -21.8. The zero-order valence-electron chi connectivity index (χ0n) is 12.3. The third kappa shape index (κ3) is 4.61. The van der Waals surface area contributed by atoms with Crippen LogP contribution in [0.25, 0.3) is 0 Å². The van der Waals surface area contributed by atoms with Gasteiger partial charge in [-0.2, -0.15) is 57.8 Å². The minimum atomic E-state index is -5.45. The Morgan fingerprint density at radius 1 is 0.778 bits per heavy atom. The average molecular weight is 415 g/mol. The second-order valence-corrected chi connectivity index (χ2v) is 5.25. The lowest BCUT2D eigenvalue weighted by atomic mass is 9.72.